The van der Waals surface area contributed by atoms with E-state index < -0.39 is 0 Å². The van der Waals surface area contributed by atoms with Crippen LogP contribution in [0.15, 0.2) is 16.7 Å². The molecule has 16 heavy (non-hydrogen) atoms. The highest BCUT2D eigenvalue weighted by Gasteiger charge is 2.23. The minimum Gasteiger partial charge on any atom is -0.493 e. The Morgan fingerprint density at radius 1 is 1.62 bits per heavy atom. The van der Waals surface area contributed by atoms with Gasteiger partial charge in [0.1, 0.15) is 0 Å². The van der Waals surface area contributed by atoms with Crippen molar-refractivity contribution in [1.29, 1.82) is 0 Å². The number of morpholine rings is 1. The molecular weight excluding hydrogens is 272 g/mol. The van der Waals surface area contributed by atoms with Crippen molar-refractivity contribution in [3.63, 3.8) is 0 Å². The molecular formula is C11H15BrN2O2. The zero-order valence-electron chi connectivity index (χ0n) is 9.44. The number of nitrogens with zero attached hydrogens (tertiary/aromatic N) is 2. The summed E-state index contributed by atoms with van der Waals surface area (Å²) in [6.45, 7) is 4.46. The molecule has 0 radical (unpaired) electrons. The van der Waals surface area contributed by atoms with Gasteiger partial charge in [0.05, 0.1) is 26.4 Å². The summed E-state index contributed by atoms with van der Waals surface area (Å²) in [5, 5.41) is 0. The highest BCUT2D eigenvalue weighted by Crippen LogP contribution is 2.30. The zero-order valence-corrected chi connectivity index (χ0v) is 11.0. The van der Waals surface area contributed by atoms with Crippen LogP contribution in [0.3, 0.4) is 0 Å². The average Bonchev–Trinajstić information content (AvgIpc) is 2.30. The Bertz CT molecular complexity index is 373. The Morgan fingerprint density at radius 2 is 2.44 bits per heavy atom. The summed E-state index contributed by atoms with van der Waals surface area (Å²) in [6, 6.07) is 2.26. The van der Waals surface area contributed by atoms with Crippen LogP contribution in [0.4, 0.5) is 5.82 Å². The number of hydrogen-bond donors (Lipinski definition) is 0. The van der Waals surface area contributed by atoms with Gasteiger partial charge in [-0.2, -0.15) is 0 Å². The number of aromatic nitrogens is 1. The SMILES string of the molecule is COc1cc(Br)cnc1N1CCOC[C@@H]1C. The molecule has 0 unspecified atom stereocenters. The average molecular weight is 287 g/mol. The van der Waals surface area contributed by atoms with Crippen LogP contribution in [-0.2, 0) is 4.74 Å². The summed E-state index contributed by atoms with van der Waals surface area (Å²) < 4.78 is 11.7. The lowest BCUT2D eigenvalue weighted by molar-refractivity contribution is 0.0982. The second kappa shape index (κ2) is 5.01. The molecule has 0 saturated carbocycles. The highest BCUT2D eigenvalue weighted by molar-refractivity contribution is 9.10. The van der Waals surface area contributed by atoms with Crippen molar-refractivity contribution in [2.75, 3.05) is 31.8 Å². The van der Waals surface area contributed by atoms with E-state index in [2.05, 4.69) is 32.7 Å². The molecule has 0 aromatic carbocycles. The number of halogens is 1. The molecule has 88 valence electrons. The van der Waals surface area contributed by atoms with Gasteiger partial charge >= 0.3 is 0 Å². The predicted octanol–water partition coefficient (Wildman–Crippen LogP) is 2.08. The molecule has 1 atom stereocenters. The van der Waals surface area contributed by atoms with Gasteiger partial charge in [-0.05, 0) is 28.9 Å². The maximum Gasteiger partial charge on any atom is 0.171 e. The molecule has 0 amide bonds. The van der Waals surface area contributed by atoms with Crippen molar-refractivity contribution < 1.29 is 9.47 Å². The lowest BCUT2D eigenvalue weighted by atomic mass is 10.2. The number of methoxy groups -OCH3 is 1. The second-order valence-corrected chi connectivity index (χ2v) is 4.71. The minimum absolute atomic E-state index is 0.330. The molecule has 2 heterocycles. The Balaban J connectivity index is 2.30. The standard InChI is InChI=1S/C11H15BrN2O2/c1-8-7-16-4-3-14(8)11-10(15-2)5-9(12)6-13-11/h5-6,8H,3-4,7H2,1-2H3/t8-/m0/s1. The van der Waals surface area contributed by atoms with E-state index in [0.717, 1.165) is 35.8 Å². The first-order valence-electron chi connectivity index (χ1n) is 5.26. The number of rotatable bonds is 2. The maximum atomic E-state index is 5.41. The quantitative estimate of drug-likeness (QED) is 0.834. The van der Waals surface area contributed by atoms with Gasteiger partial charge < -0.3 is 14.4 Å². The predicted molar refractivity (Wildman–Crippen MR) is 66.1 cm³/mol. The molecule has 1 saturated heterocycles. The van der Waals surface area contributed by atoms with Crippen LogP contribution in [0, 0.1) is 0 Å². The third-order valence-corrected chi connectivity index (χ3v) is 3.09. The lowest BCUT2D eigenvalue weighted by Crippen LogP contribution is -2.44. The van der Waals surface area contributed by atoms with Crippen LogP contribution in [0.5, 0.6) is 5.75 Å². The molecule has 1 aromatic rings. The van der Waals surface area contributed by atoms with Gasteiger partial charge in [0.2, 0.25) is 0 Å². The van der Waals surface area contributed by atoms with E-state index in [-0.39, 0.29) is 0 Å². The Hall–Kier alpha value is -0.810. The summed E-state index contributed by atoms with van der Waals surface area (Å²) in [6.07, 6.45) is 1.79. The normalized spacial score (nSPS) is 20.9. The zero-order chi connectivity index (χ0) is 11.5. The number of hydrogen-bond acceptors (Lipinski definition) is 4. The summed E-state index contributed by atoms with van der Waals surface area (Å²) in [5.41, 5.74) is 0. The molecule has 0 aliphatic carbocycles. The highest BCUT2D eigenvalue weighted by atomic mass is 79.9. The fourth-order valence-corrected chi connectivity index (χ4v) is 2.13. The largest absolute Gasteiger partial charge is 0.493 e. The number of anilines is 1. The van der Waals surface area contributed by atoms with E-state index in [9.17, 15) is 0 Å². The van der Waals surface area contributed by atoms with Crippen LogP contribution in [-0.4, -0.2) is 37.9 Å². The van der Waals surface area contributed by atoms with Gasteiger partial charge in [-0.1, -0.05) is 0 Å². The molecule has 0 bridgehead atoms. The van der Waals surface area contributed by atoms with Crippen LogP contribution < -0.4 is 9.64 Å². The summed E-state index contributed by atoms with van der Waals surface area (Å²) in [5.74, 6) is 1.68. The Kier molecular flexibility index (Phi) is 3.66. The van der Waals surface area contributed by atoms with Gasteiger partial charge in [0.25, 0.3) is 0 Å². The van der Waals surface area contributed by atoms with Crippen molar-refractivity contribution in [2.45, 2.75) is 13.0 Å². The number of ether oxygens (including phenoxy) is 2. The summed E-state index contributed by atoms with van der Waals surface area (Å²) in [7, 11) is 1.66. The van der Waals surface area contributed by atoms with Crippen molar-refractivity contribution >= 4 is 21.7 Å². The molecule has 1 aliphatic heterocycles. The molecule has 4 nitrogen and oxygen atoms in total. The van der Waals surface area contributed by atoms with Crippen molar-refractivity contribution in [2.24, 2.45) is 0 Å². The van der Waals surface area contributed by atoms with Gasteiger partial charge in [-0.15, -0.1) is 0 Å². The number of pyridine rings is 1. The third-order valence-electron chi connectivity index (χ3n) is 2.66. The van der Waals surface area contributed by atoms with E-state index in [4.69, 9.17) is 9.47 Å². The van der Waals surface area contributed by atoms with Crippen LogP contribution >= 0.6 is 15.9 Å². The molecule has 0 spiro atoms. The van der Waals surface area contributed by atoms with Crippen molar-refractivity contribution in [1.82, 2.24) is 4.98 Å². The molecule has 2 rings (SSSR count). The van der Waals surface area contributed by atoms with Crippen LogP contribution in [0.1, 0.15) is 6.92 Å². The van der Waals surface area contributed by atoms with E-state index >= 15 is 0 Å². The first-order valence-corrected chi connectivity index (χ1v) is 6.05. The monoisotopic (exact) mass is 286 g/mol. The van der Waals surface area contributed by atoms with E-state index in [1.165, 1.54) is 0 Å². The van der Waals surface area contributed by atoms with Gasteiger partial charge in [-0.3, -0.25) is 0 Å². The first-order chi connectivity index (χ1) is 7.72. The first kappa shape index (κ1) is 11.7. The van der Waals surface area contributed by atoms with Gasteiger partial charge in [0.15, 0.2) is 11.6 Å². The lowest BCUT2D eigenvalue weighted by Gasteiger charge is -2.34. The third kappa shape index (κ3) is 2.30. The van der Waals surface area contributed by atoms with E-state index in [1.807, 2.05) is 6.07 Å². The molecule has 1 aromatic heterocycles. The fraction of sp³-hybridized carbons (Fsp3) is 0.545. The molecule has 1 aliphatic rings. The van der Waals surface area contributed by atoms with Gasteiger partial charge in [0, 0.05) is 17.2 Å². The van der Waals surface area contributed by atoms with E-state index in [1.54, 1.807) is 13.3 Å². The topological polar surface area (TPSA) is 34.6 Å². The fourth-order valence-electron chi connectivity index (χ4n) is 1.82. The van der Waals surface area contributed by atoms with Gasteiger partial charge in [-0.25, -0.2) is 4.98 Å². The van der Waals surface area contributed by atoms with Crippen LogP contribution in [0.2, 0.25) is 0 Å². The maximum absolute atomic E-state index is 5.41. The van der Waals surface area contributed by atoms with E-state index in [0.29, 0.717) is 6.04 Å². The summed E-state index contributed by atoms with van der Waals surface area (Å²) in [4.78, 5) is 6.64. The summed E-state index contributed by atoms with van der Waals surface area (Å²) >= 11 is 3.39. The second-order valence-electron chi connectivity index (χ2n) is 3.80. The van der Waals surface area contributed by atoms with Crippen molar-refractivity contribution in [3.8, 4) is 5.75 Å². The molecule has 1 fully saturated rings. The smallest absolute Gasteiger partial charge is 0.171 e. The van der Waals surface area contributed by atoms with Crippen LogP contribution in [0.25, 0.3) is 0 Å². The molecule has 5 heteroatoms. The Morgan fingerprint density at radius 3 is 3.12 bits per heavy atom. The Labute approximate surface area is 104 Å². The molecule has 0 N–H and O–H groups in total. The minimum atomic E-state index is 0.330. The van der Waals surface area contributed by atoms with Crippen molar-refractivity contribution in [3.05, 3.63) is 16.7 Å².